The van der Waals surface area contributed by atoms with Crippen molar-refractivity contribution in [1.82, 2.24) is 34.2 Å². The number of aryl methyl sites for hydroxylation is 1. The number of nitrogens with zero attached hydrogens (tertiary/aromatic N) is 8. The van der Waals surface area contributed by atoms with Crippen LogP contribution in [0.4, 0.5) is 10.2 Å². The third-order valence-electron chi connectivity index (χ3n) is 6.89. The van der Waals surface area contributed by atoms with E-state index >= 15 is 0 Å². The van der Waals surface area contributed by atoms with Gasteiger partial charge in [0.2, 0.25) is 5.89 Å². The highest BCUT2D eigenvalue weighted by molar-refractivity contribution is 6.30. The maximum absolute atomic E-state index is 13.5. The topological polar surface area (TPSA) is 108 Å². The minimum atomic E-state index is -0.532. The van der Waals surface area contributed by atoms with Crippen molar-refractivity contribution in [2.75, 3.05) is 11.4 Å². The van der Waals surface area contributed by atoms with Crippen LogP contribution in [0.25, 0.3) is 11.2 Å². The molecule has 0 amide bonds. The highest BCUT2D eigenvalue weighted by Gasteiger charge is 2.95. The van der Waals surface area contributed by atoms with E-state index in [-0.39, 0.29) is 28.6 Å². The van der Waals surface area contributed by atoms with Gasteiger partial charge in [0.05, 0.1) is 23.0 Å². The van der Waals surface area contributed by atoms with Gasteiger partial charge in [-0.05, 0) is 5.92 Å². The molecular weight excluding hydrogens is 427 g/mol. The van der Waals surface area contributed by atoms with E-state index in [2.05, 4.69) is 30.0 Å². The fourth-order valence-electron chi connectivity index (χ4n) is 5.36. The summed E-state index contributed by atoms with van der Waals surface area (Å²) in [6.45, 7) is 0.934. The van der Waals surface area contributed by atoms with Crippen molar-refractivity contribution in [2.45, 2.75) is 18.0 Å². The third-order valence-corrected chi connectivity index (χ3v) is 7.18. The Labute approximate surface area is 178 Å². The van der Waals surface area contributed by atoms with Gasteiger partial charge in [-0.1, -0.05) is 16.8 Å². The zero-order valence-corrected chi connectivity index (χ0v) is 16.9. The monoisotopic (exact) mass is 440 g/mol. The Morgan fingerprint density at radius 3 is 2.97 bits per heavy atom. The van der Waals surface area contributed by atoms with Crippen LogP contribution in [-0.2, 0) is 19.0 Å². The molecule has 0 spiro atoms. The maximum atomic E-state index is 13.5. The highest BCUT2D eigenvalue weighted by atomic mass is 35.5. The molecule has 0 radical (unpaired) electrons. The molecule has 6 heterocycles. The van der Waals surface area contributed by atoms with Crippen molar-refractivity contribution in [2.24, 2.45) is 18.9 Å². The summed E-state index contributed by atoms with van der Waals surface area (Å²) in [6.07, 6.45) is 4.14. The molecule has 2 aliphatic carbocycles. The summed E-state index contributed by atoms with van der Waals surface area (Å²) in [5, 5.41) is 4.28. The Morgan fingerprint density at radius 1 is 1.32 bits per heavy atom. The quantitative estimate of drug-likeness (QED) is 0.465. The molecular formula is C19H14ClFN8O2. The Bertz CT molecular complexity index is 1460. The van der Waals surface area contributed by atoms with E-state index in [0.29, 0.717) is 40.5 Å². The molecule has 4 aromatic heterocycles. The average molecular weight is 441 g/mol. The van der Waals surface area contributed by atoms with Gasteiger partial charge >= 0.3 is 0 Å². The van der Waals surface area contributed by atoms with Gasteiger partial charge in [-0.3, -0.25) is 9.36 Å². The lowest BCUT2D eigenvalue weighted by molar-refractivity contribution is 0.362. The lowest BCUT2D eigenvalue weighted by Gasteiger charge is -2.17. The molecule has 2 bridgehead atoms. The molecule has 8 rings (SSSR count). The molecule has 4 aromatic rings. The first kappa shape index (κ1) is 17.4. The van der Waals surface area contributed by atoms with Crippen molar-refractivity contribution in [3.05, 3.63) is 57.8 Å². The first-order chi connectivity index (χ1) is 15.0. The number of imidazole rings is 1. The molecule has 0 N–H and O–H groups in total. The zero-order valence-electron chi connectivity index (χ0n) is 16.1. The summed E-state index contributed by atoms with van der Waals surface area (Å²) >= 11 is 5.92. The Balaban J connectivity index is 1.16. The van der Waals surface area contributed by atoms with Crippen LogP contribution in [0.3, 0.4) is 0 Å². The molecule has 1 unspecified atom stereocenters. The molecule has 12 heteroatoms. The maximum Gasteiger partial charge on any atom is 0.280 e. The van der Waals surface area contributed by atoms with Gasteiger partial charge in [-0.25, -0.2) is 19.3 Å². The van der Waals surface area contributed by atoms with Gasteiger partial charge < -0.3 is 14.0 Å². The average Bonchev–Trinajstić information content (AvgIpc) is 3.22. The largest absolute Gasteiger partial charge is 0.352 e. The van der Waals surface area contributed by atoms with Crippen molar-refractivity contribution in [3.63, 3.8) is 0 Å². The van der Waals surface area contributed by atoms with Gasteiger partial charge in [-0.2, -0.15) is 4.98 Å². The van der Waals surface area contributed by atoms with E-state index in [0.717, 1.165) is 12.7 Å². The minimum absolute atomic E-state index is 0.0597. The molecule has 10 nitrogen and oxygen atoms in total. The predicted molar refractivity (Wildman–Crippen MR) is 105 cm³/mol. The minimum Gasteiger partial charge on any atom is -0.352 e. The second kappa shape index (κ2) is 5.47. The predicted octanol–water partition coefficient (Wildman–Crippen LogP) is 1.13. The van der Waals surface area contributed by atoms with Crippen LogP contribution in [0, 0.1) is 17.7 Å². The highest BCUT2D eigenvalue weighted by Crippen LogP contribution is 2.85. The molecule has 4 aliphatic rings. The van der Waals surface area contributed by atoms with Gasteiger partial charge in [0.15, 0.2) is 22.8 Å². The normalized spacial score (nSPS) is 27.7. The van der Waals surface area contributed by atoms with Crippen LogP contribution in [-0.4, -0.2) is 46.8 Å². The fourth-order valence-corrected chi connectivity index (χ4v) is 5.51. The van der Waals surface area contributed by atoms with Crippen LogP contribution in [0.5, 0.6) is 0 Å². The number of fused-ring (bicyclic) bond motifs is 2. The molecule has 4 atom stereocenters. The third kappa shape index (κ3) is 2.06. The second-order valence-corrected chi connectivity index (χ2v) is 8.74. The lowest BCUT2D eigenvalue weighted by Crippen LogP contribution is -2.24. The summed E-state index contributed by atoms with van der Waals surface area (Å²) in [5.41, 5.74) is 0.465. The van der Waals surface area contributed by atoms with Crippen LogP contribution in [0.2, 0.25) is 5.02 Å². The number of aromatic nitrogens is 7. The summed E-state index contributed by atoms with van der Waals surface area (Å²) in [7, 11) is 1.75. The number of halogens is 2. The number of anilines is 1. The Kier molecular flexibility index (Phi) is 3.06. The van der Waals surface area contributed by atoms with E-state index in [1.807, 2.05) is 0 Å². The van der Waals surface area contributed by atoms with E-state index in [9.17, 15) is 9.18 Å². The number of piperidine rings is 1. The summed E-state index contributed by atoms with van der Waals surface area (Å²) in [4.78, 5) is 32.0. The second-order valence-electron chi connectivity index (χ2n) is 8.34. The van der Waals surface area contributed by atoms with Crippen LogP contribution >= 0.6 is 11.6 Å². The number of pyridine rings is 1. The molecule has 2 saturated carbocycles. The van der Waals surface area contributed by atoms with Crippen molar-refractivity contribution in [1.29, 1.82) is 0 Å². The summed E-state index contributed by atoms with van der Waals surface area (Å²) in [6, 6.07) is 1.77. The lowest BCUT2D eigenvalue weighted by atomic mass is 10.1. The van der Waals surface area contributed by atoms with Gasteiger partial charge in [0, 0.05) is 31.6 Å². The smallest absolute Gasteiger partial charge is 0.280 e. The zero-order chi connectivity index (χ0) is 21.1. The van der Waals surface area contributed by atoms with Crippen molar-refractivity contribution < 1.29 is 8.91 Å². The molecule has 31 heavy (non-hydrogen) atoms. The van der Waals surface area contributed by atoms with E-state index < -0.39 is 5.82 Å². The number of rotatable bonds is 4. The number of hydrogen-bond acceptors (Lipinski definition) is 8. The van der Waals surface area contributed by atoms with Gasteiger partial charge in [0.25, 0.3) is 5.56 Å². The molecule has 156 valence electrons. The van der Waals surface area contributed by atoms with Crippen LogP contribution in [0.15, 0.2) is 34.2 Å². The van der Waals surface area contributed by atoms with E-state index in [1.165, 1.54) is 10.9 Å². The summed E-state index contributed by atoms with van der Waals surface area (Å²) < 4.78 is 22.0. The molecule has 0 aromatic carbocycles. The number of hydrogen-bond donors (Lipinski definition) is 0. The van der Waals surface area contributed by atoms with Crippen molar-refractivity contribution in [3.8, 4) is 0 Å². The molecule has 2 aliphatic heterocycles. The molecule has 4 fully saturated rings. The SMILES string of the molecule is Cn1cnc2ncn(Cc3nc([C@@]45C6[C@H]4[C@H]5CN6c4cc(Cl)c(F)cn4)no3)c(=O)c21. The van der Waals surface area contributed by atoms with Crippen LogP contribution < -0.4 is 10.5 Å². The van der Waals surface area contributed by atoms with E-state index in [4.69, 9.17) is 16.1 Å². The molecule has 2 saturated heterocycles. The van der Waals surface area contributed by atoms with E-state index in [1.54, 1.807) is 24.0 Å². The standard InChI is InChI=1S/C19H14ClFN8O2/c1-27-6-23-16-14(27)17(30)28(7-24-16)5-12-25-18(26-31-12)19-8-4-29(15(19)13(8)19)11-2-9(20)10(21)3-22-11/h2-3,6-8,13,15H,4-5H2,1H3/t8-,13-,15?,19-/m1/s1. The fraction of sp³-hybridized carbons (Fsp3) is 0.368. The first-order valence-electron chi connectivity index (χ1n) is 9.77. The van der Waals surface area contributed by atoms with Gasteiger partial charge in [-0.15, -0.1) is 0 Å². The Hall–Kier alpha value is -3.34. The Morgan fingerprint density at radius 2 is 2.16 bits per heavy atom. The van der Waals surface area contributed by atoms with Crippen molar-refractivity contribution >= 4 is 28.6 Å². The summed E-state index contributed by atoms with van der Waals surface area (Å²) in [5.74, 6) is 1.99. The van der Waals surface area contributed by atoms with Gasteiger partial charge in [0.1, 0.15) is 18.7 Å². The first-order valence-corrected chi connectivity index (χ1v) is 10.1. The van der Waals surface area contributed by atoms with Crippen LogP contribution in [0.1, 0.15) is 11.7 Å².